The number of hydrogen-bond acceptors (Lipinski definition) is 4. The molecule has 0 saturated carbocycles. The van der Waals surface area contributed by atoms with E-state index < -0.39 is 0 Å². The van der Waals surface area contributed by atoms with Gasteiger partial charge < -0.3 is 10.5 Å². The Bertz CT molecular complexity index is 565. The molecule has 1 heterocycles. The Morgan fingerprint density at radius 1 is 1.39 bits per heavy atom. The van der Waals surface area contributed by atoms with Gasteiger partial charge in [0.25, 0.3) is 0 Å². The topological polar surface area (TPSA) is 48.1 Å². The van der Waals surface area contributed by atoms with Crippen LogP contribution in [0.5, 0.6) is 5.75 Å². The van der Waals surface area contributed by atoms with Gasteiger partial charge in [-0.2, -0.15) is 0 Å². The molecule has 1 aromatic carbocycles. The van der Waals surface area contributed by atoms with Crippen LogP contribution in [-0.4, -0.2) is 12.1 Å². The number of fused-ring (bicyclic) bond motifs is 1. The van der Waals surface area contributed by atoms with Gasteiger partial charge in [-0.05, 0) is 31.4 Å². The monoisotopic (exact) mass is 260 g/mol. The number of aryl methyl sites for hydroxylation is 1. The lowest BCUT2D eigenvalue weighted by molar-refractivity contribution is 0.416. The van der Waals surface area contributed by atoms with E-state index in [1.165, 1.54) is 10.6 Å². The van der Waals surface area contributed by atoms with Crippen LogP contribution in [0.1, 0.15) is 29.5 Å². The van der Waals surface area contributed by atoms with Gasteiger partial charge in [0.15, 0.2) is 0 Å². The molecule has 0 aliphatic heterocycles. The number of rotatable bonds is 2. The van der Waals surface area contributed by atoms with E-state index in [0.717, 1.165) is 35.6 Å². The summed E-state index contributed by atoms with van der Waals surface area (Å²) in [4.78, 5) is 5.99. The van der Waals surface area contributed by atoms with Gasteiger partial charge in [-0.15, -0.1) is 11.3 Å². The van der Waals surface area contributed by atoms with E-state index in [4.69, 9.17) is 15.5 Å². The quantitative estimate of drug-likeness (QED) is 0.902. The van der Waals surface area contributed by atoms with Crippen LogP contribution in [0.3, 0.4) is 0 Å². The van der Waals surface area contributed by atoms with Crippen molar-refractivity contribution in [2.75, 3.05) is 7.11 Å². The summed E-state index contributed by atoms with van der Waals surface area (Å²) in [6.45, 7) is 0. The van der Waals surface area contributed by atoms with Crippen LogP contribution in [0.25, 0.3) is 10.6 Å². The highest BCUT2D eigenvalue weighted by Crippen LogP contribution is 2.39. The SMILES string of the molecule is COc1ccccc1-c1nc2c(s1)C(N)CCC2. The van der Waals surface area contributed by atoms with E-state index >= 15 is 0 Å². The minimum Gasteiger partial charge on any atom is -0.496 e. The first kappa shape index (κ1) is 11.7. The van der Waals surface area contributed by atoms with Gasteiger partial charge in [0.1, 0.15) is 10.8 Å². The van der Waals surface area contributed by atoms with Gasteiger partial charge in [-0.1, -0.05) is 12.1 Å². The van der Waals surface area contributed by atoms with E-state index in [1.54, 1.807) is 18.4 Å². The molecule has 1 aromatic heterocycles. The summed E-state index contributed by atoms with van der Waals surface area (Å²) in [5.74, 6) is 0.872. The zero-order valence-corrected chi connectivity index (χ0v) is 11.2. The summed E-state index contributed by atoms with van der Waals surface area (Å²) in [5.41, 5.74) is 8.39. The van der Waals surface area contributed by atoms with Crippen molar-refractivity contribution in [3.8, 4) is 16.3 Å². The minimum atomic E-state index is 0.162. The van der Waals surface area contributed by atoms with E-state index in [2.05, 4.69) is 6.07 Å². The molecular weight excluding hydrogens is 244 g/mol. The van der Waals surface area contributed by atoms with Crippen molar-refractivity contribution >= 4 is 11.3 Å². The highest BCUT2D eigenvalue weighted by molar-refractivity contribution is 7.15. The van der Waals surface area contributed by atoms with Crippen molar-refractivity contribution in [3.63, 3.8) is 0 Å². The Hall–Kier alpha value is -1.39. The Morgan fingerprint density at radius 2 is 2.22 bits per heavy atom. The zero-order chi connectivity index (χ0) is 12.5. The molecule has 94 valence electrons. The highest BCUT2D eigenvalue weighted by Gasteiger charge is 2.22. The fourth-order valence-corrected chi connectivity index (χ4v) is 3.57. The van der Waals surface area contributed by atoms with Crippen LogP contribution in [0.4, 0.5) is 0 Å². The summed E-state index contributed by atoms with van der Waals surface area (Å²) in [7, 11) is 1.69. The number of aromatic nitrogens is 1. The summed E-state index contributed by atoms with van der Waals surface area (Å²) < 4.78 is 5.39. The van der Waals surface area contributed by atoms with E-state index in [9.17, 15) is 0 Å². The first-order valence-electron chi connectivity index (χ1n) is 6.18. The molecule has 0 amide bonds. The van der Waals surface area contributed by atoms with Crippen molar-refractivity contribution in [2.45, 2.75) is 25.3 Å². The number of benzene rings is 1. The maximum atomic E-state index is 6.15. The number of nitrogens with zero attached hydrogens (tertiary/aromatic N) is 1. The number of hydrogen-bond donors (Lipinski definition) is 1. The Morgan fingerprint density at radius 3 is 3.00 bits per heavy atom. The molecule has 4 heteroatoms. The second-order valence-electron chi connectivity index (χ2n) is 4.53. The Labute approximate surface area is 111 Å². The standard InChI is InChI=1S/C14H16N2OS/c1-17-12-8-3-2-5-9(12)14-16-11-7-4-6-10(15)13(11)18-14/h2-3,5,8,10H,4,6-7,15H2,1H3. The molecular formula is C14H16N2OS. The third-order valence-electron chi connectivity index (χ3n) is 3.33. The van der Waals surface area contributed by atoms with Crippen LogP contribution in [-0.2, 0) is 6.42 Å². The van der Waals surface area contributed by atoms with E-state index in [0.29, 0.717) is 0 Å². The van der Waals surface area contributed by atoms with Crippen LogP contribution < -0.4 is 10.5 Å². The van der Waals surface area contributed by atoms with Crippen LogP contribution >= 0.6 is 11.3 Å². The summed E-state index contributed by atoms with van der Waals surface area (Å²) in [6.07, 6.45) is 3.26. The van der Waals surface area contributed by atoms with Gasteiger partial charge in [0.05, 0.1) is 18.4 Å². The van der Waals surface area contributed by atoms with Crippen LogP contribution in [0.15, 0.2) is 24.3 Å². The lowest BCUT2D eigenvalue weighted by Crippen LogP contribution is -2.15. The lowest BCUT2D eigenvalue weighted by atomic mass is 9.99. The number of ether oxygens (including phenoxy) is 1. The van der Waals surface area contributed by atoms with Crippen molar-refractivity contribution < 1.29 is 4.74 Å². The van der Waals surface area contributed by atoms with Crippen LogP contribution in [0, 0.1) is 0 Å². The maximum absolute atomic E-state index is 6.15. The summed E-state index contributed by atoms with van der Waals surface area (Å²) in [5, 5.41) is 1.02. The fourth-order valence-electron chi connectivity index (χ4n) is 2.39. The third-order valence-corrected chi connectivity index (χ3v) is 4.59. The van der Waals surface area contributed by atoms with E-state index in [-0.39, 0.29) is 6.04 Å². The molecule has 1 unspecified atom stereocenters. The van der Waals surface area contributed by atoms with Crippen molar-refractivity contribution in [2.24, 2.45) is 5.73 Å². The number of thiazole rings is 1. The Balaban J connectivity index is 2.07. The molecule has 0 radical (unpaired) electrons. The van der Waals surface area contributed by atoms with Gasteiger partial charge in [-0.3, -0.25) is 0 Å². The average molecular weight is 260 g/mol. The molecule has 1 atom stereocenters. The van der Waals surface area contributed by atoms with Crippen molar-refractivity contribution in [1.29, 1.82) is 0 Å². The van der Waals surface area contributed by atoms with Gasteiger partial charge in [0, 0.05) is 10.9 Å². The summed E-state index contributed by atoms with van der Waals surface area (Å²) >= 11 is 1.71. The molecule has 3 rings (SSSR count). The average Bonchev–Trinajstić information content (AvgIpc) is 2.84. The van der Waals surface area contributed by atoms with Gasteiger partial charge >= 0.3 is 0 Å². The molecule has 1 aliphatic carbocycles. The minimum absolute atomic E-state index is 0.162. The first-order valence-corrected chi connectivity index (χ1v) is 7.00. The molecule has 0 bridgehead atoms. The Kier molecular flexibility index (Phi) is 3.06. The highest BCUT2D eigenvalue weighted by atomic mass is 32.1. The predicted octanol–water partition coefficient (Wildman–Crippen LogP) is 3.15. The summed E-state index contributed by atoms with van der Waals surface area (Å²) in [6, 6.07) is 8.17. The molecule has 2 aromatic rings. The van der Waals surface area contributed by atoms with Gasteiger partial charge in [0.2, 0.25) is 0 Å². The number of nitrogens with two attached hydrogens (primary N) is 1. The van der Waals surface area contributed by atoms with E-state index in [1.807, 2.05) is 18.2 Å². The number of para-hydroxylation sites is 1. The second-order valence-corrected chi connectivity index (χ2v) is 5.56. The fraction of sp³-hybridized carbons (Fsp3) is 0.357. The van der Waals surface area contributed by atoms with Crippen molar-refractivity contribution in [3.05, 3.63) is 34.8 Å². The second kappa shape index (κ2) is 4.71. The number of methoxy groups -OCH3 is 1. The molecule has 2 N–H and O–H groups in total. The van der Waals surface area contributed by atoms with Gasteiger partial charge in [-0.25, -0.2) is 4.98 Å². The molecule has 0 fully saturated rings. The third kappa shape index (κ3) is 1.91. The first-order chi connectivity index (χ1) is 8.79. The largest absolute Gasteiger partial charge is 0.496 e. The molecule has 18 heavy (non-hydrogen) atoms. The predicted molar refractivity (Wildman–Crippen MR) is 74.0 cm³/mol. The maximum Gasteiger partial charge on any atom is 0.129 e. The zero-order valence-electron chi connectivity index (χ0n) is 10.3. The normalized spacial score (nSPS) is 18.4. The molecule has 1 aliphatic rings. The molecule has 0 saturated heterocycles. The molecule has 3 nitrogen and oxygen atoms in total. The lowest BCUT2D eigenvalue weighted by Gasteiger charge is -2.15. The molecule has 0 spiro atoms. The smallest absolute Gasteiger partial charge is 0.129 e. The van der Waals surface area contributed by atoms with Crippen molar-refractivity contribution in [1.82, 2.24) is 4.98 Å². The van der Waals surface area contributed by atoms with Crippen LogP contribution in [0.2, 0.25) is 0 Å².